The van der Waals surface area contributed by atoms with E-state index in [1.165, 1.54) is 18.5 Å². The second kappa shape index (κ2) is 5.16. The highest BCUT2D eigenvalue weighted by Crippen LogP contribution is 2.38. The minimum atomic E-state index is -0.0815. The first kappa shape index (κ1) is 12.4. The molecule has 19 heavy (non-hydrogen) atoms. The minimum Gasteiger partial charge on any atom is -0.283 e. The summed E-state index contributed by atoms with van der Waals surface area (Å²) in [7, 11) is 0. The maximum atomic E-state index is 13.5. The van der Waals surface area contributed by atoms with Crippen molar-refractivity contribution in [3.63, 3.8) is 0 Å². The molecule has 3 rings (SSSR count). The lowest BCUT2D eigenvalue weighted by atomic mass is 9.69. The van der Waals surface area contributed by atoms with Crippen molar-refractivity contribution < 1.29 is 4.39 Å². The fourth-order valence-electron chi connectivity index (χ4n) is 2.92. The van der Waals surface area contributed by atoms with Gasteiger partial charge in [0.05, 0.1) is 0 Å². The predicted molar refractivity (Wildman–Crippen MR) is 73.3 cm³/mol. The number of halogens is 1. The minimum absolute atomic E-state index is 0.0815. The van der Waals surface area contributed by atoms with E-state index in [0.717, 1.165) is 24.0 Å². The lowest BCUT2D eigenvalue weighted by molar-refractivity contribution is 0.173. The van der Waals surface area contributed by atoms with Crippen molar-refractivity contribution in [2.45, 2.75) is 32.6 Å². The predicted octanol–water partition coefficient (Wildman–Crippen LogP) is 3.67. The first-order valence-corrected chi connectivity index (χ1v) is 6.95. The van der Waals surface area contributed by atoms with E-state index in [9.17, 15) is 4.39 Å². The van der Waals surface area contributed by atoms with Gasteiger partial charge in [0.2, 0.25) is 0 Å². The molecule has 0 radical (unpaired) electrons. The Morgan fingerprint density at radius 1 is 1.21 bits per heavy atom. The van der Waals surface area contributed by atoms with Crippen LogP contribution in [0.15, 0.2) is 30.5 Å². The highest BCUT2D eigenvalue weighted by molar-refractivity contribution is 5.24. The Kier molecular flexibility index (Phi) is 3.36. The monoisotopic (exact) mass is 258 g/mol. The van der Waals surface area contributed by atoms with Gasteiger partial charge in [-0.1, -0.05) is 12.1 Å². The highest BCUT2D eigenvalue weighted by atomic mass is 19.1. The SMILES string of the molecule is Cc1ccc(CC2CCC2Cc2ccn[nH]2)cc1F. The van der Waals surface area contributed by atoms with E-state index in [4.69, 9.17) is 0 Å². The number of hydrogen-bond acceptors (Lipinski definition) is 1. The number of H-pyrrole nitrogens is 1. The second-order valence-electron chi connectivity index (χ2n) is 5.67. The molecule has 1 heterocycles. The zero-order valence-electron chi connectivity index (χ0n) is 11.2. The van der Waals surface area contributed by atoms with Crippen LogP contribution in [0.25, 0.3) is 0 Å². The van der Waals surface area contributed by atoms with Crippen LogP contribution in [0.2, 0.25) is 0 Å². The van der Waals surface area contributed by atoms with Gasteiger partial charge in [-0.3, -0.25) is 5.10 Å². The highest BCUT2D eigenvalue weighted by Gasteiger charge is 2.31. The third-order valence-electron chi connectivity index (χ3n) is 4.35. The number of aromatic nitrogens is 2. The van der Waals surface area contributed by atoms with Crippen LogP contribution in [0.5, 0.6) is 0 Å². The third-order valence-corrected chi connectivity index (χ3v) is 4.35. The molecule has 0 spiro atoms. The fourth-order valence-corrected chi connectivity index (χ4v) is 2.92. The molecule has 1 aliphatic rings. The molecular weight excluding hydrogens is 239 g/mol. The van der Waals surface area contributed by atoms with Crippen LogP contribution in [0.3, 0.4) is 0 Å². The van der Waals surface area contributed by atoms with Crippen LogP contribution < -0.4 is 0 Å². The van der Waals surface area contributed by atoms with E-state index in [0.29, 0.717) is 11.8 Å². The number of nitrogens with one attached hydrogen (secondary N) is 1. The van der Waals surface area contributed by atoms with Gasteiger partial charge >= 0.3 is 0 Å². The first-order chi connectivity index (χ1) is 9.22. The Labute approximate surface area is 113 Å². The Morgan fingerprint density at radius 3 is 2.63 bits per heavy atom. The van der Waals surface area contributed by atoms with Crippen LogP contribution in [0.1, 0.15) is 29.7 Å². The summed E-state index contributed by atoms with van der Waals surface area (Å²) in [6.45, 7) is 1.81. The summed E-state index contributed by atoms with van der Waals surface area (Å²) in [5, 5.41) is 7.02. The van der Waals surface area contributed by atoms with E-state index < -0.39 is 0 Å². The van der Waals surface area contributed by atoms with Gasteiger partial charge in [0.25, 0.3) is 0 Å². The van der Waals surface area contributed by atoms with Crippen molar-refractivity contribution in [2.75, 3.05) is 0 Å². The molecule has 1 aromatic carbocycles. The largest absolute Gasteiger partial charge is 0.283 e. The summed E-state index contributed by atoms with van der Waals surface area (Å²) in [6, 6.07) is 7.68. The molecule has 0 aliphatic heterocycles. The molecule has 3 heteroatoms. The lowest BCUT2D eigenvalue weighted by Gasteiger charge is -2.36. The standard InChI is InChI=1S/C16H19FN2/c1-11-2-3-12(9-16(11)17)8-13-4-5-14(13)10-15-6-7-18-19-15/h2-3,6-7,9,13-14H,4-5,8,10H2,1H3,(H,18,19). The first-order valence-electron chi connectivity index (χ1n) is 6.95. The molecule has 1 N–H and O–H groups in total. The Bertz CT molecular complexity index is 548. The summed E-state index contributed by atoms with van der Waals surface area (Å²) < 4.78 is 13.5. The molecule has 1 saturated carbocycles. The molecule has 1 fully saturated rings. The summed E-state index contributed by atoms with van der Waals surface area (Å²) in [6.07, 6.45) is 6.40. The number of aryl methyl sites for hydroxylation is 1. The zero-order valence-corrected chi connectivity index (χ0v) is 11.2. The van der Waals surface area contributed by atoms with Gasteiger partial charge in [0, 0.05) is 11.9 Å². The quantitative estimate of drug-likeness (QED) is 0.890. The Balaban J connectivity index is 1.62. The number of benzene rings is 1. The normalized spacial score (nSPS) is 22.2. The van der Waals surface area contributed by atoms with Crippen LogP contribution in [-0.4, -0.2) is 10.2 Å². The van der Waals surface area contributed by atoms with Gasteiger partial charge < -0.3 is 0 Å². The van der Waals surface area contributed by atoms with E-state index in [-0.39, 0.29) is 5.82 Å². The molecule has 0 amide bonds. The third kappa shape index (κ3) is 2.70. The van der Waals surface area contributed by atoms with E-state index >= 15 is 0 Å². The summed E-state index contributed by atoms with van der Waals surface area (Å²) in [4.78, 5) is 0. The van der Waals surface area contributed by atoms with Gasteiger partial charge in [0.1, 0.15) is 5.82 Å². The van der Waals surface area contributed by atoms with Crippen molar-refractivity contribution in [1.29, 1.82) is 0 Å². The summed E-state index contributed by atoms with van der Waals surface area (Å²) >= 11 is 0. The van der Waals surface area contributed by atoms with Crippen molar-refractivity contribution in [3.8, 4) is 0 Å². The van der Waals surface area contributed by atoms with E-state index in [1.54, 1.807) is 12.3 Å². The number of aromatic amines is 1. The molecule has 1 aliphatic carbocycles. The van der Waals surface area contributed by atoms with Crippen molar-refractivity contribution >= 4 is 0 Å². The Morgan fingerprint density at radius 2 is 2.00 bits per heavy atom. The van der Waals surface area contributed by atoms with Gasteiger partial charge in [-0.15, -0.1) is 0 Å². The van der Waals surface area contributed by atoms with E-state index in [2.05, 4.69) is 16.3 Å². The molecule has 2 atom stereocenters. The van der Waals surface area contributed by atoms with Crippen molar-refractivity contribution in [3.05, 3.63) is 53.1 Å². The smallest absolute Gasteiger partial charge is 0.126 e. The maximum Gasteiger partial charge on any atom is 0.126 e. The fraction of sp³-hybridized carbons (Fsp3) is 0.438. The van der Waals surface area contributed by atoms with Crippen LogP contribution in [0, 0.1) is 24.6 Å². The number of nitrogens with zero attached hydrogens (tertiary/aromatic N) is 1. The van der Waals surface area contributed by atoms with Crippen LogP contribution >= 0.6 is 0 Å². The lowest BCUT2D eigenvalue weighted by Crippen LogP contribution is -2.29. The molecular formula is C16H19FN2. The van der Waals surface area contributed by atoms with Crippen molar-refractivity contribution in [1.82, 2.24) is 10.2 Å². The maximum absolute atomic E-state index is 13.5. The number of hydrogen-bond donors (Lipinski definition) is 1. The average Bonchev–Trinajstić information content (AvgIpc) is 2.89. The van der Waals surface area contributed by atoms with Crippen LogP contribution in [-0.2, 0) is 12.8 Å². The summed E-state index contributed by atoms with van der Waals surface area (Å²) in [5.41, 5.74) is 3.07. The van der Waals surface area contributed by atoms with Gasteiger partial charge in [-0.05, 0) is 67.7 Å². The van der Waals surface area contributed by atoms with Gasteiger partial charge in [-0.25, -0.2) is 4.39 Å². The topological polar surface area (TPSA) is 28.7 Å². The Hall–Kier alpha value is -1.64. The number of rotatable bonds is 4. The molecule has 0 saturated heterocycles. The zero-order chi connectivity index (χ0) is 13.2. The molecule has 1 aromatic heterocycles. The second-order valence-corrected chi connectivity index (χ2v) is 5.67. The van der Waals surface area contributed by atoms with Crippen molar-refractivity contribution in [2.24, 2.45) is 11.8 Å². The molecule has 0 bridgehead atoms. The molecule has 2 aromatic rings. The van der Waals surface area contributed by atoms with E-state index in [1.807, 2.05) is 19.1 Å². The van der Waals surface area contributed by atoms with Crippen LogP contribution in [0.4, 0.5) is 4.39 Å². The average molecular weight is 258 g/mol. The van der Waals surface area contributed by atoms with Gasteiger partial charge in [0.15, 0.2) is 0 Å². The van der Waals surface area contributed by atoms with Gasteiger partial charge in [-0.2, -0.15) is 5.10 Å². The summed E-state index contributed by atoms with van der Waals surface area (Å²) in [5.74, 6) is 1.32. The molecule has 2 nitrogen and oxygen atoms in total. The molecule has 2 unspecified atom stereocenters. The molecule has 100 valence electrons.